The van der Waals surface area contributed by atoms with Gasteiger partial charge in [-0.3, -0.25) is 4.79 Å². The molecule has 2 N–H and O–H groups in total. The van der Waals surface area contributed by atoms with E-state index in [1.54, 1.807) is 0 Å². The maximum atomic E-state index is 11.6. The van der Waals surface area contributed by atoms with Gasteiger partial charge in [0.1, 0.15) is 6.10 Å². The van der Waals surface area contributed by atoms with Gasteiger partial charge in [0.25, 0.3) is 0 Å². The van der Waals surface area contributed by atoms with E-state index in [2.05, 4.69) is 5.32 Å². The minimum absolute atomic E-state index is 0.00500. The average molecular weight is 201 g/mol. The van der Waals surface area contributed by atoms with E-state index in [0.29, 0.717) is 6.61 Å². The molecule has 1 saturated heterocycles. The van der Waals surface area contributed by atoms with Crippen LogP contribution in [0.4, 0.5) is 0 Å². The van der Waals surface area contributed by atoms with Crippen LogP contribution in [0.5, 0.6) is 0 Å². The molecule has 1 amide bonds. The van der Waals surface area contributed by atoms with Crippen LogP contribution in [0.25, 0.3) is 0 Å². The maximum absolute atomic E-state index is 11.6. The average Bonchev–Trinajstić information content (AvgIpc) is 2.26. The third-order valence-corrected chi connectivity index (χ3v) is 2.53. The highest BCUT2D eigenvalue weighted by Crippen LogP contribution is 2.12. The zero-order chi connectivity index (χ0) is 10.4. The molecule has 1 aliphatic heterocycles. The van der Waals surface area contributed by atoms with Crippen LogP contribution in [-0.4, -0.2) is 36.4 Å². The monoisotopic (exact) mass is 201 g/mol. The highest BCUT2D eigenvalue weighted by atomic mass is 16.5. The zero-order valence-electron chi connectivity index (χ0n) is 8.66. The van der Waals surface area contributed by atoms with Crippen molar-refractivity contribution in [1.82, 2.24) is 5.32 Å². The number of rotatable bonds is 4. The Morgan fingerprint density at radius 3 is 2.93 bits per heavy atom. The summed E-state index contributed by atoms with van der Waals surface area (Å²) in [5, 5.41) is 11.7. The van der Waals surface area contributed by atoms with E-state index in [1.165, 1.54) is 0 Å². The number of carbonyl (C=O) groups is 1. The molecule has 0 bridgehead atoms. The Morgan fingerprint density at radius 1 is 1.64 bits per heavy atom. The Morgan fingerprint density at radius 2 is 2.43 bits per heavy atom. The van der Waals surface area contributed by atoms with Gasteiger partial charge in [-0.1, -0.05) is 6.92 Å². The molecule has 82 valence electrons. The lowest BCUT2D eigenvalue weighted by Gasteiger charge is -2.24. The van der Waals surface area contributed by atoms with Gasteiger partial charge in [-0.25, -0.2) is 0 Å². The Balaban J connectivity index is 2.32. The van der Waals surface area contributed by atoms with Crippen LogP contribution >= 0.6 is 0 Å². The lowest BCUT2D eigenvalue weighted by atomic mass is 10.1. The normalized spacial score (nSPS) is 24.3. The van der Waals surface area contributed by atoms with Crippen LogP contribution in [0, 0.1) is 0 Å². The van der Waals surface area contributed by atoms with Gasteiger partial charge in [0, 0.05) is 6.61 Å². The number of hydrogen-bond donors (Lipinski definition) is 2. The van der Waals surface area contributed by atoms with Crippen LogP contribution in [-0.2, 0) is 9.53 Å². The number of carbonyl (C=O) groups excluding carboxylic acids is 1. The van der Waals surface area contributed by atoms with Crippen molar-refractivity contribution in [3.63, 3.8) is 0 Å². The lowest BCUT2D eigenvalue weighted by molar-refractivity contribution is -0.136. The van der Waals surface area contributed by atoms with Crippen molar-refractivity contribution < 1.29 is 14.6 Å². The maximum Gasteiger partial charge on any atom is 0.249 e. The second kappa shape index (κ2) is 5.98. The van der Waals surface area contributed by atoms with Crippen LogP contribution in [0.1, 0.15) is 32.6 Å². The Bertz CT molecular complexity index is 174. The number of aliphatic hydroxyl groups excluding tert-OH is 1. The smallest absolute Gasteiger partial charge is 0.249 e. The van der Waals surface area contributed by atoms with Crippen molar-refractivity contribution in [2.45, 2.75) is 44.8 Å². The Labute approximate surface area is 84.6 Å². The SMILES string of the molecule is CCC(CO)NC(=O)C1CCCCO1. The highest BCUT2D eigenvalue weighted by molar-refractivity contribution is 5.81. The largest absolute Gasteiger partial charge is 0.394 e. The predicted octanol–water partition coefficient (Wildman–Crippen LogP) is 0.443. The fraction of sp³-hybridized carbons (Fsp3) is 0.900. The van der Waals surface area contributed by atoms with E-state index >= 15 is 0 Å². The number of nitrogens with one attached hydrogen (secondary N) is 1. The molecule has 2 unspecified atom stereocenters. The third kappa shape index (κ3) is 3.27. The first-order chi connectivity index (χ1) is 6.77. The molecule has 1 heterocycles. The Kier molecular flexibility index (Phi) is 4.90. The van der Waals surface area contributed by atoms with Gasteiger partial charge >= 0.3 is 0 Å². The predicted molar refractivity (Wildman–Crippen MR) is 52.9 cm³/mol. The first-order valence-corrected chi connectivity index (χ1v) is 5.30. The number of amides is 1. The molecule has 0 aromatic carbocycles. The second-order valence-corrected chi connectivity index (χ2v) is 3.65. The van der Waals surface area contributed by atoms with Gasteiger partial charge in [0.15, 0.2) is 0 Å². The van der Waals surface area contributed by atoms with Crippen molar-refractivity contribution in [3.05, 3.63) is 0 Å². The van der Waals surface area contributed by atoms with Crippen LogP contribution in [0.2, 0.25) is 0 Å². The lowest BCUT2D eigenvalue weighted by Crippen LogP contribution is -2.44. The molecular formula is C10H19NO3. The van der Waals surface area contributed by atoms with Gasteiger partial charge < -0.3 is 15.2 Å². The summed E-state index contributed by atoms with van der Waals surface area (Å²) in [6.07, 6.45) is 3.34. The first-order valence-electron chi connectivity index (χ1n) is 5.30. The summed E-state index contributed by atoms with van der Waals surface area (Å²) in [7, 11) is 0. The molecule has 0 spiro atoms. The minimum Gasteiger partial charge on any atom is -0.394 e. The van der Waals surface area contributed by atoms with Crippen LogP contribution < -0.4 is 5.32 Å². The summed E-state index contributed by atoms with van der Waals surface area (Å²) >= 11 is 0. The van der Waals surface area contributed by atoms with Crippen LogP contribution in [0.15, 0.2) is 0 Å². The van der Waals surface area contributed by atoms with Gasteiger partial charge in [0.2, 0.25) is 5.91 Å². The molecule has 1 rings (SSSR count). The molecule has 2 atom stereocenters. The molecular weight excluding hydrogens is 182 g/mol. The molecule has 0 aromatic heterocycles. The third-order valence-electron chi connectivity index (χ3n) is 2.53. The fourth-order valence-corrected chi connectivity index (χ4v) is 1.52. The van der Waals surface area contributed by atoms with Gasteiger partial charge in [-0.15, -0.1) is 0 Å². The van der Waals surface area contributed by atoms with E-state index in [1.807, 2.05) is 6.92 Å². The molecule has 0 radical (unpaired) electrons. The van der Waals surface area contributed by atoms with Crippen molar-refractivity contribution in [2.75, 3.05) is 13.2 Å². The van der Waals surface area contributed by atoms with E-state index in [4.69, 9.17) is 9.84 Å². The molecule has 4 heteroatoms. The van der Waals surface area contributed by atoms with Crippen molar-refractivity contribution in [2.24, 2.45) is 0 Å². The van der Waals surface area contributed by atoms with Crippen molar-refractivity contribution in [1.29, 1.82) is 0 Å². The molecule has 0 aliphatic carbocycles. The Hall–Kier alpha value is -0.610. The second-order valence-electron chi connectivity index (χ2n) is 3.65. The van der Waals surface area contributed by atoms with Crippen molar-refractivity contribution in [3.8, 4) is 0 Å². The number of ether oxygens (including phenoxy) is 1. The van der Waals surface area contributed by atoms with Gasteiger partial charge in [-0.05, 0) is 25.7 Å². The van der Waals surface area contributed by atoms with E-state index < -0.39 is 0 Å². The zero-order valence-corrected chi connectivity index (χ0v) is 8.66. The van der Waals surface area contributed by atoms with E-state index in [0.717, 1.165) is 25.7 Å². The molecule has 1 aliphatic rings. The summed E-state index contributed by atoms with van der Waals surface area (Å²) < 4.78 is 5.34. The minimum atomic E-state index is -0.302. The summed E-state index contributed by atoms with van der Waals surface area (Å²) in [5.74, 6) is -0.0781. The first kappa shape index (κ1) is 11.5. The summed E-state index contributed by atoms with van der Waals surface area (Å²) in [4.78, 5) is 11.6. The standard InChI is InChI=1S/C10H19NO3/c1-2-8(7-12)11-10(13)9-5-3-4-6-14-9/h8-9,12H,2-7H2,1H3,(H,11,13). The van der Waals surface area contributed by atoms with E-state index in [9.17, 15) is 4.79 Å². The fourth-order valence-electron chi connectivity index (χ4n) is 1.52. The summed E-state index contributed by atoms with van der Waals surface area (Å²) in [6.45, 7) is 2.60. The topological polar surface area (TPSA) is 58.6 Å². The number of hydrogen-bond acceptors (Lipinski definition) is 3. The molecule has 4 nitrogen and oxygen atoms in total. The van der Waals surface area contributed by atoms with Crippen LogP contribution in [0.3, 0.4) is 0 Å². The molecule has 1 fully saturated rings. The molecule has 0 saturated carbocycles. The number of aliphatic hydroxyl groups is 1. The summed E-state index contributed by atoms with van der Waals surface area (Å²) in [6, 6.07) is -0.131. The molecule has 14 heavy (non-hydrogen) atoms. The van der Waals surface area contributed by atoms with Gasteiger partial charge in [0.05, 0.1) is 12.6 Å². The quantitative estimate of drug-likeness (QED) is 0.694. The van der Waals surface area contributed by atoms with Crippen molar-refractivity contribution >= 4 is 5.91 Å². The van der Waals surface area contributed by atoms with Gasteiger partial charge in [-0.2, -0.15) is 0 Å². The highest BCUT2D eigenvalue weighted by Gasteiger charge is 2.23. The molecule has 0 aromatic rings. The van der Waals surface area contributed by atoms with E-state index in [-0.39, 0.29) is 24.7 Å². The summed E-state index contributed by atoms with van der Waals surface area (Å²) in [5.41, 5.74) is 0.